The van der Waals surface area contributed by atoms with Gasteiger partial charge in [-0.1, -0.05) is 23.7 Å². The minimum absolute atomic E-state index is 0.236. The quantitative estimate of drug-likeness (QED) is 0.937. The molecule has 0 atom stereocenters. The van der Waals surface area contributed by atoms with Crippen molar-refractivity contribution in [2.24, 2.45) is 0 Å². The standard InChI is InChI=1S/C14H12ClFN2O/c1-9-2-3-10(6-12(9)16)8-18-14(19)13-7-11(15)4-5-17-13/h2-7H,8H2,1H3,(H,18,19). The van der Waals surface area contributed by atoms with Gasteiger partial charge in [-0.15, -0.1) is 0 Å². The average molecular weight is 279 g/mol. The van der Waals surface area contributed by atoms with E-state index in [1.165, 1.54) is 18.3 Å². The van der Waals surface area contributed by atoms with Crippen molar-refractivity contribution in [2.75, 3.05) is 0 Å². The highest BCUT2D eigenvalue weighted by Gasteiger charge is 2.07. The number of pyridine rings is 1. The van der Waals surface area contributed by atoms with Crippen LogP contribution >= 0.6 is 11.6 Å². The number of rotatable bonds is 3. The van der Waals surface area contributed by atoms with Crippen LogP contribution in [0.4, 0.5) is 4.39 Å². The third kappa shape index (κ3) is 3.51. The Kier molecular flexibility index (Phi) is 4.12. The van der Waals surface area contributed by atoms with Crippen LogP contribution in [-0.2, 0) is 6.54 Å². The Morgan fingerprint density at radius 1 is 1.37 bits per heavy atom. The number of nitrogens with zero attached hydrogens (tertiary/aromatic N) is 1. The first-order valence-electron chi connectivity index (χ1n) is 5.71. The van der Waals surface area contributed by atoms with E-state index in [4.69, 9.17) is 11.6 Å². The molecule has 5 heteroatoms. The highest BCUT2D eigenvalue weighted by Crippen LogP contribution is 2.10. The molecule has 1 N–H and O–H groups in total. The summed E-state index contributed by atoms with van der Waals surface area (Å²) in [7, 11) is 0. The lowest BCUT2D eigenvalue weighted by Crippen LogP contribution is -2.23. The van der Waals surface area contributed by atoms with Gasteiger partial charge in [0.2, 0.25) is 0 Å². The Balaban J connectivity index is 2.02. The molecule has 0 bridgehead atoms. The van der Waals surface area contributed by atoms with E-state index in [1.807, 2.05) is 0 Å². The van der Waals surface area contributed by atoms with Gasteiger partial charge in [-0.2, -0.15) is 0 Å². The number of aromatic nitrogens is 1. The summed E-state index contributed by atoms with van der Waals surface area (Å²) in [6.45, 7) is 1.93. The van der Waals surface area contributed by atoms with E-state index in [0.717, 1.165) is 0 Å². The van der Waals surface area contributed by atoms with Gasteiger partial charge < -0.3 is 5.32 Å². The number of aryl methyl sites for hydroxylation is 1. The van der Waals surface area contributed by atoms with E-state index >= 15 is 0 Å². The zero-order valence-corrected chi connectivity index (χ0v) is 11.0. The van der Waals surface area contributed by atoms with Gasteiger partial charge in [0.05, 0.1) is 0 Å². The summed E-state index contributed by atoms with van der Waals surface area (Å²) < 4.78 is 13.3. The number of hydrogen-bond donors (Lipinski definition) is 1. The van der Waals surface area contributed by atoms with E-state index < -0.39 is 0 Å². The Morgan fingerprint density at radius 3 is 2.84 bits per heavy atom. The van der Waals surface area contributed by atoms with Crippen molar-refractivity contribution in [1.82, 2.24) is 10.3 Å². The molecule has 19 heavy (non-hydrogen) atoms. The van der Waals surface area contributed by atoms with Crippen LogP contribution < -0.4 is 5.32 Å². The maximum Gasteiger partial charge on any atom is 0.270 e. The molecule has 1 heterocycles. The van der Waals surface area contributed by atoms with E-state index in [-0.39, 0.29) is 24.0 Å². The molecule has 0 fully saturated rings. The lowest BCUT2D eigenvalue weighted by Gasteiger charge is -2.06. The van der Waals surface area contributed by atoms with Gasteiger partial charge in [0.15, 0.2) is 0 Å². The Labute approximate surface area is 115 Å². The number of carbonyl (C=O) groups is 1. The number of nitrogens with one attached hydrogen (secondary N) is 1. The highest BCUT2D eigenvalue weighted by molar-refractivity contribution is 6.30. The number of hydrogen-bond acceptors (Lipinski definition) is 2. The molecule has 0 aliphatic rings. The topological polar surface area (TPSA) is 42.0 Å². The summed E-state index contributed by atoms with van der Waals surface area (Å²) in [5.74, 6) is -0.629. The average Bonchev–Trinajstić information content (AvgIpc) is 2.40. The molecular weight excluding hydrogens is 267 g/mol. The van der Waals surface area contributed by atoms with Crippen LogP contribution in [-0.4, -0.2) is 10.9 Å². The molecule has 2 rings (SSSR count). The fourth-order valence-electron chi connectivity index (χ4n) is 1.55. The summed E-state index contributed by atoms with van der Waals surface area (Å²) in [5.41, 5.74) is 1.50. The van der Waals surface area contributed by atoms with E-state index in [1.54, 1.807) is 25.1 Å². The minimum Gasteiger partial charge on any atom is -0.347 e. The predicted octanol–water partition coefficient (Wildman–Crippen LogP) is 3.11. The molecular formula is C14H12ClFN2O. The molecule has 2 aromatic rings. The van der Waals surface area contributed by atoms with Crippen LogP contribution in [0.15, 0.2) is 36.5 Å². The molecule has 0 unspecified atom stereocenters. The number of amides is 1. The van der Waals surface area contributed by atoms with Gasteiger partial charge in [0.25, 0.3) is 5.91 Å². The molecule has 3 nitrogen and oxygen atoms in total. The first-order chi connectivity index (χ1) is 9.06. The van der Waals surface area contributed by atoms with Crippen LogP contribution in [0.25, 0.3) is 0 Å². The molecule has 98 valence electrons. The van der Waals surface area contributed by atoms with Crippen LogP contribution in [0.3, 0.4) is 0 Å². The van der Waals surface area contributed by atoms with E-state index in [0.29, 0.717) is 16.1 Å². The molecule has 0 aliphatic carbocycles. The second-order valence-corrected chi connectivity index (χ2v) is 4.56. The molecule has 0 saturated heterocycles. The van der Waals surface area contributed by atoms with Crippen molar-refractivity contribution in [2.45, 2.75) is 13.5 Å². The van der Waals surface area contributed by atoms with Crippen molar-refractivity contribution >= 4 is 17.5 Å². The molecule has 0 radical (unpaired) electrons. The van der Waals surface area contributed by atoms with Crippen molar-refractivity contribution < 1.29 is 9.18 Å². The summed E-state index contributed by atoms with van der Waals surface area (Å²) >= 11 is 5.77. The van der Waals surface area contributed by atoms with Gasteiger partial charge in [-0.25, -0.2) is 4.39 Å². The second kappa shape index (κ2) is 5.80. The predicted molar refractivity (Wildman–Crippen MR) is 71.6 cm³/mol. The van der Waals surface area contributed by atoms with Gasteiger partial charge >= 0.3 is 0 Å². The van der Waals surface area contributed by atoms with Gasteiger partial charge in [-0.3, -0.25) is 9.78 Å². The SMILES string of the molecule is Cc1ccc(CNC(=O)c2cc(Cl)ccn2)cc1F. The van der Waals surface area contributed by atoms with Crippen LogP contribution in [0, 0.1) is 12.7 Å². The van der Waals surface area contributed by atoms with Crippen molar-refractivity contribution in [3.05, 3.63) is 64.2 Å². The van der Waals surface area contributed by atoms with Crippen LogP contribution in [0.2, 0.25) is 5.02 Å². The van der Waals surface area contributed by atoms with Gasteiger partial charge in [0.1, 0.15) is 11.5 Å². The van der Waals surface area contributed by atoms with Gasteiger partial charge in [0, 0.05) is 17.8 Å². The molecule has 1 aromatic carbocycles. The maximum absolute atomic E-state index is 13.3. The van der Waals surface area contributed by atoms with Crippen LogP contribution in [0.5, 0.6) is 0 Å². The van der Waals surface area contributed by atoms with E-state index in [2.05, 4.69) is 10.3 Å². The summed E-state index contributed by atoms with van der Waals surface area (Å²) in [5, 5.41) is 3.11. The fraction of sp³-hybridized carbons (Fsp3) is 0.143. The molecule has 1 amide bonds. The Hall–Kier alpha value is -1.94. The first kappa shape index (κ1) is 13.5. The first-order valence-corrected chi connectivity index (χ1v) is 6.09. The molecule has 0 saturated carbocycles. The van der Waals surface area contributed by atoms with Crippen molar-refractivity contribution in [1.29, 1.82) is 0 Å². The zero-order valence-electron chi connectivity index (χ0n) is 10.3. The summed E-state index contributed by atoms with van der Waals surface area (Å²) in [6.07, 6.45) is 1.46. The maximum atomic E-state index is 13.3. The second-order valence-electron chi connectivity index (χ2n) is 4.13. The Bertz CT molecular complexity index is 616. The number of carbonyl (C=O) groups excluding carboxylic acids is 1. The lowest BCUT2D eigenvalue weighted by molar-refractivity contribution is 0.0946. The number of benzene rings is 1. The Morgan fingerprint density at radius 2 is 2.16 bits per heavy atom. The molecule has 0 spiro atoms. The van der Waals surface area contributed by atoms with Crippen LogP contribution in [0.1, 0.15) is 21.6 Å². The third-order valence-corrected chi connectivity index (χ3v) is 2.88. The molecule has 1 aromatic heterocycles. The zero-order chi connectivity index (χ0) is 13.8. The molecule has 0 aliphatic heterocycles. The van der Waals surface area contributed by atoms with Gasteiger partial charge in [-0.05, 0) is 36.2 Å². The van der Waals surface area contributed by atoms with Crippen molar-refractivity contribution in [3.8, 4) is 0 Å². The smallest absolute Gasteiger partial charge is 0.270 e. The normalized spacial score (nSPS) is 10.3. The van der Waals surface area contributed by atoms with Crippen molar-refractivity contribution in [3.63, 3.8) is 0 Å². The number of halogens is 2. The summed E-state index contributed by atoms with van der Waals surface area (Å²) in [4.78, 5) is 15.7. The highest BCUT2D eigenvalue weighted by atomic mass is 35.5. The fourth-order valence-corrected chi connectivity index (χ4v) is 1.71. The summed E-state index contributed by atoms with van der Waals surface area (Å²) in [6, 6.07) is 7.92. The largest absolute Gasteiger partial charge is 0.347 e. The lowest BCUT2D eigenvalue weighted by atomic mass is 10.1. The van der Waals surface area contributed by atoms with E-state index in [9.17, 15) is 9.18 Å². The monoisotopic (exact) mass is 278 g/mol. The third-order valence-electron chi connectivity index (χ3n) is 2.64. The minimum atomic E-state index is -0.344.